The Morgan fingerprint density at radius 1 is 1.12 bits per heavy atom. The van der Waals surface area contributed by atoms with E-state index in [0.29, 0.717) is 28.2 Å². The van der Waals surface area contributed by atoms with Crippen molar-refractivity contribution >= 4 is 22.6 Å². The minimum absolute atomic E-state index is 0.222. The molecule has 0 aliphatic rings. The number of nitrogens with one attached hydrogen (secondary N) is 2. The second-order valence-corrected chi connectivity index (χ2v) is 5.36. The zero-order valence-corrected chi connectivity index (χ0v) is 12.8. The Morgan fingerprint density at radius 2 is 2.00 bits per heavy atom. The molecule has 0 aliphatic heterocycles. The summed E-state index contributed by atoms with van der Waals surface area (Å²) >= 11 is 0. The second kappa shape index (κ2) is 5.62. The summed E-state index contributed by atoms with van der Waals surface area (Å²) in [7, 11) is 0. The maximum Gasteiger partial charge on any atom is 0.255 e. The van der Waals surface area contributed by atoms with Gasteiger partial charge in [0, 0.05) is 16.8 Å². The molecule has 0 bridgehead atoms. The van der Waals surface area contributed by atoms with Crippen LogP contribution in [0.5, 0.6) is 0 Å². The predicted molar refractivity (Wildman–Crippen MR) is 88.5 cm³/mol. The van der Waals surface area contributed by atoms with Crippen molar-refractivity contribution in [3.8, 4) is 11.5 Å². The maximum absolute atomic E-state index is 12.4. The van der Waals surface area contributed by atoms with E-state index in [1.165, 1.54) is 0 Å². The van der Waals surface area contributed by atoms with E-state index in [1.807, 2.05) is 31.2 Å². The van der Waals surface area contributed by atoms with E-state index in [0.717, 1.165) is 11.3 Å². The zero-order valence-electron chi connectivity index (χ0n) is 12.8. The highest BCUT2D eigenvalue weighted by Gasteiger charge is 2.10. The van der Waals surface area contributed by atoms with Crippen molar-refractivity contribution in [1.29, 1.82) is 0 Å². The van der Waals surface area contributed by atoms with Crippen LogP contribution in [0.15, 0.2) is 53.1 Å². The standard InChI is InChI=1S/C17H13N5O2/c1-10-9-24-17(18-10)12-3-2-4-13(7-12)19-16(23)11-5-6-14-15(8-11)21-22-20-14/h2-9H,1H3,(H,19,23)(H,20,21,22). The third kappa shape index (κ3) is 2.63. The molecule has 0 spiro atoms. The molecule has 2 aromatic carbocycles. The van der Waals surface area contributed by atoms with Gasteiger partial charge in [0.05, 0.1) is 5.69 Å². The molecule has 4 rings (SSSR count). The van der Waals surface area contributed by atoms with Gasteiger partial charge in [0.2, 0.25) is 5.89 Å². The van der Waals surface area contributed by atoms with Crippen molar-refractivity contribution in [2.45, 2.75) is 6.92 Å². The number of oxazole rings is 1. The molecular weight excluding hydrogens is 306 g/mol. The van der Waals surface area contributed by atoms with Crippen molar-refractivity contribution in [1.82, 2.24) is 20.4 Å². The van der Waals surface area contributed by atoms with Crippen molar-refractivity contribution in [2.75, 3.05) is 5.32 Å². The molecule has 2 N–H and O–H groups in total. The van der Waals surface area contributed by atoms with Crippen LogP contribution in [0, 0.1) is 6.92 Å². The molecule has 0 unspecified atom stereocenters. The number of carbonyl (C=O) groups is 1. The molecule has 0 saturated carbocycles. The zero-order chi connectivity index (χ0) is 16.5. The van der Waals surface area contributed by atoms with Crippen LogP contribution < -0.4 is 5.32 Å². The van der Waals surface area contributed by atoms with E-state index < -0.39 is 0 Å². The number of nitrogens with zero attached hydrogens (tertiary/aromatic N) is 3. The summed E-state index contributed by atoms with van der Waals surface area (Å²) in [6, 6.07) is 12.5. The molecule has 2 aromatic heterocycles. The quantitative estimate of drug-likeness (QED) is 0.604. The first kappa shape index (κ1) is 14.1. The Hall–Kier alpha value is -3.48. The van der Waals surface area contributed by atoms with Gasteiger partial charge in [0.1, 0.15) is 17.3 Å². The van der Waals surface area contributed by atoms with E-state index >= 15 is 0 Å². The monoisotopic (exact) mass is 319 g/mol. The Kier molecular flexibility index (Phi) is 3.31. The molecule has 1 amide bonds. The molecule has 4 aromatic rings. The lowest BCUT2D eigenvalue weighted by Gasteiger charge is -2.06. The SMILES string of the molecule is Cc1coc(-c2cccc(NC(=O)c3ccc4n[nH]nc4c3)c2)n1. The Balaban J connectivity index is 1.59. The minimum Gasteiger partial charge on any atom is -0.444 e. The Morgan fingerprint density at radius 3 is 2.83 bits per heavy atom. The van der Waals surface area contributed by atoms with Crippen LogP contribution >= 0.6 is 0 Å². The molecule has 2 heterocycles. The normalized spacial score (nSPS) is 10.9. The highest BCUT2D eigenvalue weighted by atomic mass is 16.3. The molecule has 118 valence electrons. The summed E-state index contributed by atoms with van der Waals surface area (Å²) < 4.78 is 5.39. The summed E-state index contributed by atoms with van der Waals surface area (Å²) in [6.07, 6.45) is 1.59. The molecular formula is C17H13N5O2. The maximum atomic E-state index is 12.4. The van der Waals surface area contributed by atoms with E-state index in [4.69, 9.17) is 4.42 Å². The third-order valence-corrected chi connectivity index (χ3v) is 3.56. The topological polar surface area (TPSA) is 96.7 Å². The van der Waals surface area contributed by atoms with Gasteiger partial charge in [-0.2, -0.15) is 15.4 Å². The van der Waals surface area contributed by atoms with Crippen molar-refractivity contribution < 1.29 is 9.21 Å². The first-order valence-electron chi connectivity index (χ1n) is 7.33. The van der Waals surface area contributed by atoms with Crippen LogP contribution in [-0.2, 0) is 0 Å². The van der Waals surface area contributed by atoms with Gasteiger partial charge < -0.3 is 9.73 Å². The highest BCUT2D eigenvalue weighted by molar-refractivity contribution is 6.06. The van der Waals surface area contributed by atoms with Gasteiger partial charge in [-0.1, -0.05) is 6.07 Å². The fourth-order valence-corrected chi connectivity index (χ4v) is 2.40. The number of H-pyrrole nitrogens is 1. The highest BCUT2D eigenvalue weighted by Crippen LogP contribution is 2.22. The summed E-state index contributed by atoms with van der Waals surface area (Å²) in [4.78, 5) is 16.7. The summed E-state index contributed by atoms with van der Waals surface area (Å²) in [5.74, 6) is 0.299. The van der Waals surface area contributed by atoms with Gasteiger partial charge in [-0.25, -0.2) is 4.98 Å². The lowest BCUT2D eigenvalue weighted by Crippen LogP contribution is -2.11. The van der Waals surface area contributed by atoms with Gasteiger partial charge >= 0.3 is 0 Å². The minimum atomic E-state index is -0.222. The van der Waals surface area contributed by atoms with E-state index in [9.17, 15) is 4.79 Å². The largest absolute Gasteiger partial charge is 0.444 e. The molecule has 0 atom stereocenters. The van der Waals surface area contributed by atoms with Gasteiger partial charge in [-0.3, -0.25) is 4.79 Å². The fourth-order valence-electron chi connectivity index (χ4n) is 2.40. The van der Waals surface area contributed by atoms with Crippen LogP contribution in [0.3, 0.4) is 0 Å². The lowest BCUT2D eigenvalue weighted by atomic mass is 10.1. The molecule has 0 aliphatic carbocycles. The summed E-state index contributed by atoms with van der Waals surface area (Å²) in [5, 5.41) is 13.4. The second-order valence-electron chi connectivity index (χ2n) is 5.36. The number of aromatic amines is 1. The molecule has 0 saturated heterocycles. The molecule has 7 heteroatoms. The average Bonchev–Trinajstić information content (AvgIpc) is 3.23. The lowest BCUT2D eigenvalue weighted by molar-refractivity contribution is 0.102. The average molecular weight is 319 g/mol. The van der Waals surface area contributed by atoms with Crippen LogP contribution in [0.2, 0.25) is 0 Å². The smallest absolute Gasteiger partial charge is 0.255 e. The van der Waals surface area contributed by atoms with Crippen LogP contribution in [0.1, 0.15) is 16.1 Å². The van der Waals surface area contributed by atoms with Gasteiger partial charge in [0.25, 0.3) is 5.91 Å². The third-order valence-electron chi connectivity index (χ3n) is 3.56. The predicted octanol–water partition coefficient (Wildman–Crippen LogP) is 3.17. The first-order valence-corrected chi connectivity index (χ1v) is 7.33. The van der Waals surface area contributed by atoms with Crippen molar-refractivity contribution in [3.05, 3.63) is 60.0 Å². The number of hydrogen-bond donors (Lipinski definition) is 2. The van der Waals surface area contributed by atoms with Gasteiger partial charge in [0.15, 0.2) is 0 Å². The number of anilines is 1. The number of hydrogen-bond acceptors (Lipinski definition) is 5. The van der Waals surface area contributed by atoms with Crippen LogP contribution in [0.25, 0.3) is 22.5 Å². The number of benzene rings is 2. The van der Waals surface area contributed by atoms with Crippen molar-refractivity contribution in [3.63, 3.8) is 0 Å². The summed E-state index contributed by atoms with van der Waals surface area (Å²) in [5.41, 5.74) is 4.13. The van der Waals surface area contributed by atoms with E-state index in [-0.39, 0.29) is 5.91 Å². The number of aryl methyl sites for hydroxylation is 1. The molecule has 24 heavy (non-hydrogen) atoms. The first-order chi connectivity index (χ1) is 11.7. The number of aromatic nitrogens is 4. The molecule has 0 fully saturated rings. The number of carbonyl (C=O) groups excluding carboxylic acids is 1. The Bertz CT molecular complexity index is 1030. The van der Waals surface area contributed by atoms with Crippen LogP contribution in [-0.4, -0.2) is 26.3 Å². The van der Waals surface area contributed by atoms with Gasteiger partial charge in [-0.15, -0.1) is 0 Å². The fraction of sp³-hybridized carbons (Fsp3) is 0.0588. The van der Waals surface area contributed by atoms with E-state index in [2.05, 4.69) is 25.7 Å². The number of fused-ring (bicyclic) bond motifs is 1. The van der Waals surface area contributed by atoms with E-state index in [1.54, 1.807) is 24.5 Å². The Labute approximate surface area is 136 Å². The number of amides is 1. The van der Waals surface area contributed by atoms with Crippen molar-refractivity contribution in [2.24, 2.45) is 0 Å². The van der Waals surface area contributed by atoms with Crippen LogP contribution in [0.4, 0.5) is 5.69 Å². The molecule has 0 radical (unpaired) electrons. The summed E-state index contributed by atoms with van der Waals surface area (Å²) in [6.45, 7) is 1.86. The van der Waals surface area contributed by atoms with Gasteiger partial charge in [-0.05, 0) is 43.3 Å². The number of rotatable bonds is 3. The molecule has 7 nitrogen and oxygen atoms in total.